The van der Waals surface area contributed by atoms with Crippen LogP contribution in [0.4, 0.5) is 4.39 Å². The minimum atomic E-state index is -0.594. The van der Waals surface area contributed by atoms with E-state index >= 15 is 0 Å². The van der Waals surface area contributed by atoms with Gasteiger partial charge in [0.05, 0.1) is 5.41 Å². The van der Waals surface area contributed by atoms with E-state index in [4.69, 9.17) is 10.5 Å². The zero-order valence-electron chi connectivity index (χ0n) is 13.6. The molecule has 23 heavy (non-hydrogen) atoms. The second kappa shape index (κ2) is 6.57. The van der Waals surface area contributed by atoms with Crippen molar-refractivity contribution in [3.8, 4) is 0 Å². The maximum absolute atomic E-state index is 13.4. The van der Waals surface area contributed by atoms with Crippen molar-refractivity contribution in [1.29, 1.82) is 0 Å². The van der Waals surface area contributed by atoms with Crippen LogP contribution in [0.1, 0.15) is 31.7 Å². The molecule has 1 aromatic rings. The molecule has 0 aromatic heterocycles. The number of halogens is 1. The fourth-order valence-corrected chi connectivity index (χ4v) is 3.99. The average molecular weight is 320 g/mol. The fraction of sp³-hybridized carbons (Fsp3) is 0.611. The van der Waals surface area contributed by atoms with Gasteiger partial charge in [0, 0.05) is 25.8 Å². The Morgan fingerprint density at radius 3 is 2.57 bits per heavy atom. The third kappa shape index (κ3) is 3.00. The number of nitrogens with zero attached hydrogens (tertiary/aromatic N) is 1. The van der Waals surface area contributed by atoms with E-state index in [2.05, 4.69) is 6.92 Å². The average Bonchev–Trinajstić information content (AvgIpc) is 2.96. The molecule has 4 nitrogen and oxygen atoms in total. The molecule has 3 rings (SSSR count). The van der Waals surface area contributed by atoms with E-state index in [-0.39, 0.29) is 17.8 Å². The molecule has 2 N–H and O–H groups in total. The number of carbonyl (C=O) groups excluding carboxylic acids is 1. The molecule has 5 heteroatoms. The van der Waals surface area contributed by atoms with Crippen molar-refractivity contribution in [3.63, 3.8) is 0 Å². The lowest BCUT2D eigenvalue weighted by Gasteiger charge is -2.40. The number of likely N-dealkylation sites (tertiary alicyclic amines) is 1. The lowest BCUT2D eigenvalue weighted by atomic mass is 9.73. The second-order valence-electron chi connectivity index (χ2n) is 6.85. The van der Waals surface area contributed by atoms with Crippen LogP contribution in [-0.4, -0.2) is 43.2 Å². The summed E-state index contributed by atoms with van der Waals surface area (Å²) in [6, 6.07) is 6.59. The third-order valence-electron chi connectivity index (χ3n) is 5.41. The SMILES string of the molecule is CC1CC(CN)CN1C(=O)C1(c2ccc(F)cc2)CCOCC1. The van der Waals surface area contributed by atoms with Crippen LogP contribution in [0.25, 0.3) is 0 Å². The number of nitrogens with two attached hydrogens (primary N) is 1. The monoisotopic (exact) mass is 320 g/mol. The van der Waals surface area contributed by atoms with Crippen LogP contribution in [0.2, 0.25) is 0 Å². The van der Waals surface area contributed by atoms with Gasteiger partial charge in [-0.3, -0.25) is 4.79 Å². The predicted molar refractivity (Wildman–Crippen MR) is 86.5 cm³/mol. The minimum absolute atomic E-state index is 0.149. The van der Waals surface area contributed by atoms with Gasteiger partial charge in [-0.2, -0.15) is 0 Å². The van der Waals surface area contributed by atoms with E-state index in [0.717, 1.165) is 18.5 Å². The number of hydrogen-bond acceptors (Lipinski definition) is 3. The second-order valence-corrected chi connectivity index (χ2v) is 6.85. The van der Waals surface area contributed by atoms with Crippen LogP contribution < -0.4 is 5.73 Å². The fourth-order valence-electron chi connectivity index (χ4n) is 3.99. The molecule has 0 spiro atoms. The smallest absolute Gasteiger partial charge is 0.233 e. The molecule has 2 fully saturated rings. The first-order valence-electron chi connectivity index (χ1n) is 8.42. The first-order chi connectivity index (χ1) is 11.1. The lowest BCUT2D eigenvalue weighted by Crippen LogP contribution is -2.51. The molecule has 1 aromatic carbocycles. The van der Waals surface area contributed by atoms with E-state index in [1.54, 1.807) is 12.1 Å². The molecule has 2 unspecified atom stereocenters. The standard InChI is InChI=1S/C18H25FN2O2/c1-13-10-14(11-20)12-21(13)17(22)18(6-8-23-9-7-18)15-2-4-16(19)5-3-15/h2-5,13-14H,6-12,20H2,1H3. The maximum Gasteiger partial charge on any atom is 0.233 e. The van der Waals surface area contributed by atoms with Gasteiger partial charge in [-0.15, -0.1) is 0 Å². The van der Waals surface area contributed by atoms with Gasteiger partial charge in [-0.05, 0) is 56.3 Å². The van der Waals surface area contributed by atoms with Gasteiger partial charge >= 0.3 is 0 Å². The largest absolute Gasteiger partial charge is 0.381 e. The Morgan fingerprint density at radius 1 is 1.35 bits per heavy atom. The predicted octanol–water partition coefficient (Wildman–Crippen LogP) is 2.07. The van der Waals surface area contributed by atoms with Gasteiger partial charge in [-0.25, -0.2) is 4.39 Å². The van der Waals surface area contributed by atoms with Crippen molar-refractivity contribution in [2.24, 2.45) is 11.7 Å². The van der Waals surface area contributed by atoms with Crippen molar-refractivity contribution in [2.45, 2.75) is 37.6 Å². The van der Waals surface area contributed by atoms with Crippen LogP contribution in [0, 0.1) is 11.7 Å². The van der Waals surface area contributed by atoms with Gasteiger partial charge in [0.25, 0.3) is 0 Å². The number of amides is 1. The van der Waals surface area contributed by atoms with E-state index in [9.17, 15) is 9.18 Å². The molecular weight excluding hydrogens is 295 g/mol. The summed E-state index contributed by atoms with van der Waals surface area (Å²) >= 11 is 0. The maximum atomic E-state index is 13.4. The first kappa shape index (κ1) is 16.4. The van der Waals surface area contributed by atoms with Crippen molar-refractivity contribution < 1.29 is 13.9 Å². The van der Waals surface area contributed by atoms with E-state index < -0.39 is 5.41 Å². The van der Waals surface area contributed by atoms with Crippen LogP contribution >= 0.6 is 0 Å². The molecule has 0 aliphatic carbocycles. The summed E-state index contributed by atoms with van der Waals surface area (Å²) in [5, 5.41) is 0. The number of carbonyl (C=O) groups is 1. The summed E-state index contributed by atoms with van der Waals surface area (Å²) in [6.45, 7) is 4.55. The van der Waals surface area contributed by atoms with Crippen molar-refractivity contribution in [2.75, 3.05) is 26.3 Å². The molecule has 126 valence electrons. The Balaban J connectivity index is 1.92. The first-order valence-corrected chi connectivity index (χ1v) is 8.42. The molecule has 0 saturated carbocycles. The highest BCUT2D eigenvalue weighted by atomic mass is 19.1. The number of ether oxygens (including phenoxy) is 1. The van der Waals surface area contributed by atoms with Gasteiger partial charge < -0.3 is 15.4 Å². The molecular formula is C18H25FN2O2. The Morgan fingerprint density at radius 2 is 2.00 bits per heavy atom. The summed E-state index contributed by atoms with van der Waals surface area (Å²) in [6.07, 6.45) is 2.25. The van der Waals surface area contributed by atoms with Gasteiger partial charge in [0.2, 0.25) is 5.91 Å². The highest BCUT2D eigenvalue weighted by molar-refractivity contribution is 5.89. The summed E-state index contributed by atoms with van der Waals surface area (Å²) in [7, 11) is 0. The van der Waals surface area contributed by atoms with Gasteiger partial charge in [0.1, 0.15) is 5.82 Å². The summed E-state index contributed by atoms with van der Waals surface area (Å²) in [5.41, 5.74) is 6.10. The van der Waals surface area contributed by atoms with E-state index in [0.29, 0.717) is 38.5 Å². The number of hydrogen-bond donors (Lipinski definition) is 1. The zero-order chi connectivity index (χ0) is 16.4. The van der Waals surface area contributed by atoms with Gasteiger partial charge in [-0.1, -0.05) is 12.1 Å². The Bertz CT molecular complexity index is 555. The molecule has 0 bridgehead atoms. The molecule has 2 saturated heterocycles. The zero-order valence-corrected chi connectivity index (χ0v) is 13.6. The molecule has 2 aliphatic heterocycles. The molecule has 2 aliphatic rings. The number of rotatable bonds is 3. The topological polar surface area (TPSA) is 55.6 Å². The molecule has 2 atom stereocenters. The Labute approximate surface area is 136 Å². The third-order valence-corrected chi connectivity index (χ3v) is 5.41. The quantitative estimate of drug-likeness (QED) is 0.927. The van der Waals surface area contributed by atoms with Crippen LogP contribution in [0.3, 0.4) is 0 Å². The Hall–Kier alpha value is -1.46. The Kier molecular flexibility index (Phi) is 4.69. The van der Waals surface area contributed by atoms with Crippen molar-refractivity contribution in [1.82, 2.24) is 4.90 Å². The van der Waals surface area contributed by atoms with E-state index in [1.165, 1.54) is 12.1 Å². The van der Waals surface area contributed by atoms with Crippen molar-refractivity contribution in [3.05, 3.63) is 35.6 Å². The highest BCUT2D eigenvalue weighted by Crippen LogP contribution is 2.39. The summed E-state index contributed by atoms with van der Waals surface area (Å²) < 4.78 is 18.8. The summed E-state index contributed by atoms with van der Waals surface area (Å²) in [5.74, 6) is 0.246. The van der Waals surface area contributed by atoms with Gasteiger partial charge in [0.15, 0.2) is 0 Å². The normalized spacial score (nSPS) is 27.2. The van der Waals surface area contributed by atoms with Crippen LogP contribution in [0.15, 0.2) is 24.3 Å². The van der Waals surface area contributed by atoms with E-state index in [1.807, 2.05) is 4.90 Å². The molecule has 2 heterocycles. The number of benzene rings is 1. The molecule has 0 radical (unpaired) electrons. The minimum Gasteiger partial charge on any atom is -0.381 e. The highest BCUT2D eigenvalue weighted by Gasteiger charge is 2.46. The van der Waals surface area contributed by atoms with Crippen LogP contribution in [0.5, 0.6) is 0 Å². The molecule has 1 amide bonds. The van der Waals surface area contributed by atoms with Crippen LogP contribution in [-0.2, 0) is 14.9 Å². The summed E-state index contributed by atoms with van der Waals surface area (Å²) in [4.78, 5) is 15.4. The lowest BCUT2D eigenvalue weighted by molar-refractivity contribution is -0.142. The van der Waals surface area contributed by atoms with Crippen molar-refractivity contribution >= 4 is 5.91 Å².